The fraction of sp³-hybridized carbons (Fsp3) is 0.211. The molecule has 0 atom stereocenters. The molecule has 1 heterocycles. The number of methoxy groups -OCH3 is 1. The van der Waals surface area contributed by atoms with Crippen molar-refractivity contribution in [2.75, 3.05) is 12.4 Å². The maximum Gasteiger partial charge on any atom is 0.255 e. The number of nitrogens with one attached hydrogen (secondary N) is 1. The molecule has 0 saturated carbocycles. The number of fused-ring (bicyclic) bond motifs is 1. The van der Waals surface area contributed by atoms with Crippen molar-refractivity contribution in [3.05, 3.63) is 65.9 Å². The lowest BCUT2D eigenvalue weighted by molar-refractivity contribution is 0.102. The van der Waals surface area contributed by atoms with E-state index in [4.69, 9.17) is 4.74 Å². The lowest BCUT2D eigenvalue weighted by Crippen LogP contribution is -2.11. The van der Waals surface area contributed by atoms with Crippen molar-refractivity contribution in [3.63, 3.8) is 0 Å². The largest absolute Gasteiger partial charge is 0.380 e. The highest BCUT2D eigenvalue weighted by Gasteiger charge is 2.07. The summed E-state index contributed by atoms with van der Waals surface area (Å²) in [5.41, 5.74) is 3.66. The Morgan fingerprint density at radius 1 is 1.13 bits per heavy atom. The first-order chi connectivity index (χ1) is 11.2. The van der Waals surface area contributed by atoms with E-state index in [1.54, 1.807) is 7.11 Å². The molecule has 0 aliphatic rings. The van der Waals surface area contributed by atoms with Crippen LogP contribution in [0.5, 0.6) is 0 Å². The first kappa shape index (κ1) is 15.3. The Balaban J connectivity index is 1.76. The Bertz CT molecular complexity index is 819. The van der Waals surface area contributed by atoms with Gasteiger partial charge in [-0.3, -0.25) is 4.79 Å². The third-order valence-corrected chi connectivity index (χ3v) is 3.90. The van der Waals surface area contributed by atoms with E-state index in [1.807, 2.05) is 42.5 Å². The molecule has 1 amide bonds. The summed E-state index contributed by atoms with van der Waals surface area (Å²) in [6, 6.07) is 15.5. The van der Waals surface area contributed by atoms with E-state index in [9.17, 15) is 4.79 Å². The third-order valence-electron chi connectivity index (χ3n) is 3.90. The van der Waals surface area contributed by atoms with Crippen molar-refractivity contribution >= 4 is 22.5 Å². The maximum absolute atomic E-state index is 12.3. The van der Waals surface area contributed by atoms with Crippen LogP contribution in [-0.2, 0) is 17.9 Å². The van der Waals surface area contributed by atoms with E-state index in [0.717, 1.165) is 23.2 Å². The lowest BCUT2D eigenvalue weighted by Gasteiger charge is -2.07. The van der Waals surface area contributed by atoms with Gasteiger partial charge in [-0.25, -0.2) is 0 Å². The van der Waals surface area contributed by atoms with Crippen LogP contribution in [0.4, 0.5) is 5.69 Å². The van der Waals surface area contributed by atoms with Gasteiger partial charge >= 0.3 is 0 Å². The first-order valence-corrected chi connectivity index (χ1v) is 7.69. The average molecular weight is 308 g/mol. The Morgan fingerprint density at radius 3 is 2.61 bits per heavy atom. The molecule has 0 radical (unpaired) electrons. The normalized spacial score (nSPS) is 10.9. The minimum Gasteiger partial charge on any atom is -0.380 e. The molecule has 0 fully saturated rings. The first-order valence-electron chi connectivity index (χ1n) is 7.69. The molecule has 0 unspecified atom stereocenters. The van der Waals surface area contributed by atoms with Gasteiger partial charge in [-0.15, -0.1) is 0 Å². The number of aryl methyl sites for hydroxylation is 1. The molecule has 0 spiro atoms. The van der Waals surface area contributed by atoms with E-state index >= 15 is 0 Å². The van der Waals surface area contributed by atoms with E-state index in [1.165, 1.54) is 5.52 Å². The number of anilines is 1. The van der Waals surface area contributed by atoms with Gasteiger partial charge in [0.15, 0.2) is 0 Å². The van der Waals surface area contributed by atoms with E-state index in [-0.39, 0.29) is 5.91 Å². The zero-order valence-electron chi connectivity index (χ0n) is 13.4. The van der Waals surface area contributed by atoms with Gasteiger partial charge in [0.05, 0.1) is 6.61 Å². The molecule has 118 valence electrons. The third kappa shape index (κ3) is 3.27. The molecule has 2 aromatic carbocycles. The highest BCUT2D eigenvalue weighted by molar-refractivity contribution is 6.05. The number of ether oxygens (including phenoxy) is 1. The number of carbonyl (C=O) groups excluding carboxylic acids is 1. The van der Waals surface area contributed by atoms with Crippen molar-refractivity contribution in [2.45, 2.75) is 20.1 Å². The molecule has 4 nitrogen and oxygen atoms in total. The van der Waals surface area contributed by atoms with Gasteiger partial charge in [-0.05, 0) is 48.9 Å². The molecule has 1 N–H and O–H groups in total. The fourth-order valence-corrected chi connectivity index (χ4v) is 2.68. The Kier molecular flexibility index (Phi) is 4.44. The molecular weight excluding hydrogens is 288 g/mol. The fourth-order valence-electron chi connectivity index (χ4n) is 2.68. The molecule has 0 aliphatic carbocycles. The van der Waals surface area contributed by atoms with Gasteiger partial charge in [0.2, 0.25) is 0 Å². The van der Waals surface area contributed by atoms with Crippen molar-refractivity contribution in [2.24, 2.45) is 0 Å². The van der Waals surface area contributed by atoms with Crippen LogP contribution < -0.4 is 5.32 Å². The quantitative estimate of drug-likeness (QED) is 0.772. The number of amides is 1. The molecule has 1 aromatic heterocycles. The van der Waals surface area contributed by atoms with Gasteiger partial charge in [-0.2, -0.15) is 0 Å². The van der Waals surface area contributed by atoms with Crippen molar-refractivity contribution in [3.8, 4) is 0 Å². The summed E-state index contributed by atoms with van der Waals surface area (Å²) in [5.74, 6) is -0.108. The van der Waals surface area contributed by atoms with Crippen molar-refractivity contribution in [1.29, 1.82) is 0 Å². The van der Waals surface area contributed by atoms with Crippen molar-refractivity contribution in [1.82, 2.24) is 4.57 Å². The second-order valence-electron chi connectivity index (χ2n) is 5.46. The summed E-state index contributed by atoms with van der Waals surface area (Å²) in [6.07, 6.45) is 2.06. The number of benzene rings is 2. The smallest absolute Gasteiger partial charge is 0.255 e. The van der Waals surface area contributed by atoms with Crippen molar-refractivity contribution < 1.29 is 9.53 Å². The monoisotopic (exact) mass is 308 g/mol. The number of nitrogens with zero attached hydrogens (tertiary/aromatic N) is 1. The molecule has 23 heavy (non-hydrogen) atoms. The maximum atomic E-state index is 12.3. The highest BCUT2D eigenvalue weighted by Crippen LogP contribution is 2.21. The summed E-state index contributed by atoms with van der Waals surface area (Å²) in [5, 5.41) is 4.07. The van der Waals surface area contributed by atoms with Gasteiger partial charge in [0.1, 0.15) is 0 Å². The van der Waals surface area contributed by atoms with Gasteiger partial charge < -0.3 is 14.6 Å². The van der Waals surface area contributed by atoms with Crippen LogP contribution in [0.3, 0.4) is 0 Å². The van der Waals surface area contributed by atoms with Crippen LogP contribution in [-0.4, -0.2) is 17.6 Å². The number of rotatable bonds is 5. The topological polar surface area (TPSA) is 43.3 Å². The summed E-state index contributed by atoms with van der Waals surface area (Å²) in [4.78, 5) is 12.3. The summed E-state index contributed by atoms with van der Waals surface area (Å²) in [7, 11) is 1.66. The van der Waals surface area contributed by atoms with Crippen LogP contribution in [0.2, 0.25) is 0 Å². The van der Waals surface area contributed by atoms with Crippen LogP contribution in [0.15, 0.2) is 54.7 Å². The Hall–Kier alpha value is -2.59. The Labute approximate surface area is 135 Å². The number of hydrogen-bond acceptors (Lipinski definition) is 2. The standard InChI is InChI=1S/C19H20N2O2/c1-3-21-11-10-16-12-17(8-9-18(16)21)20-19(22)15-6-4-14(5-7-15)13-23-2/h4-12H,3,13H2,1-2H3,(H,20,22). The highest BCUT2D eigenvalue weighted by atomic mass is 16.5. The predicted octanol–water partition coefficient (Wildman–Crippen LogP) is 4.06. The zero-order chi connectivity index (χ0) is 16.2. The number of aromatic nitrogens is 1. The molecular formula is C19H20N2O2. The molecule has 3 aromatic rings. The van der Waals surface area contributed by atoms with E-state index in [0.29, 0.717) is 12.2 Å². The molecule has 3 rings (SSSR count). The van der Waals surface area contributed by atoms with Gasteiger partial charge in [0, 0.05) is 42.0 Å². The van der Waals surface area contributed by atoms with Gasteiger partial charge in [0.25, 0.3) is 5.91 Å². The molecule has 0 aliphatic heterocycles. The Morgan fingerprint density at radius 2 is 1.91 bits per heavy atom. The average Bonchev–Trinajstić information content (AvgIpc) is 2.98. The molecule has 0 saturated heterocycles. The van der Waals surface area contributed by atoms with Crippen LogP contribution in [0.25, 0.3) is 10.9 Å². The zero-order valence-corrected chi connectivity index (χ0v) is 13.4. The second-order valence-corrected chi connectivity index (χ2v) is 5.46. The van der Waals surface area contributed by atoms with E-state index in [2.05, 4.69) is 29.1 Å². The van der Waals surface area contributed by atoms with Crippen LogP contribution in [0.1, 0.15) is 22.8 Å². The summed E-state index contributed by atoms with van der Waals surface area (Å²) in [6.45, 7) is 3.60. The minimum atomic E-state index is -0.108. The number of hydrogen-bond donors (Lipinski definition) is 1. The van der Waals surface area contributed by atoms with Crippen LogP contribution >= 0.6 is 0 Å². The second kappa shape index (κ2) is 6.67. The van der Waals surface area contributed by atoms with E-state index < -0.39 is 0 Å². The summed E-state index contributed by atoms with van der Waals surface area (Å²) < 4.78 is 7.25. The molecule has 4 heteroatoms. The summed E-state index contributed by atoms with van der Waals surface area (Å²) >= 11 is 0. The SMILES string of the molecule is CCn1ccc2cc(NC(=O)c3ccc(COC)cc3)ccc21. The molecule has 0 bridgehead atoms. The van der Waals surface area contributed by atoms with Gasteiger partial charge in [-0.1, -0.05) is 12.1 Å². The predicted molar refractivity (Wildman–Crippen MR) is 92.7 cm³/mol. The minimum absolute atomic E-state index is 0.108. The lowest BCUT2D eigenvalue weighted by atomic mass is 10.1. The number of carbonyl (C=O) groups is 1. The van der Waals surface area contributed by atoms with Crippen LogP contribution in [0, 0.1) is 0 Å².